The summed E-state index contributed by atoms with van der Waals surface area (Å²) in [7, 11) is 0. The summed E-state index contributed by atoms with van der Waals surface area (Å²) in [6.07, 6.45) is 2.47. The number of anilines is 1. The van der Waals surface area contributed by atoms with Gasteiger partial charge in [-0.2, -0.15) is 0 Å². The molecule has 3 aromatic rings. The molecule has 0 amide bonds. The fraction of sp³-hybridized carbons (Fsp3) is 0.160. The van der Waals surface area contributed by atoms with Crippen molar-refractivity contribution < 1.29 is 9.84 Å². The van der Waals surface area contributed by atoms with Gasteiger partial charge in [0.25, 0.3) is 0 Å². The van der Waals surface area contributed by atoms with Crippen LogP contribution in [0.25, 0.3) is 6.08 Å². The molecule has 3 N–H and O–H groups in total. The van der Waals surface area contributed by atoms with Crippen molar-refractivity contribution in [1.82, 2.24) is 5.32 Å². The molecule has 5 heteroatoms. The number of rotatable bonds is 9. The highest BCUT2D eigenvalue weighted by Crippen LogP contribution is 2.16. The molecular weight excluding hydrogens is 392 g/mol. The Balaban J connectivity index is 1.49. The normalized spacial score (nSPS) is 11.4. The van der Waals surface area contributed by atoms with E-state index in [9.17, 15) is 5.11 Å². The van der Waals surface area contributed by atoms with Crippen molar-refractivity contribution in [3.63, 3.8) is 0 Å². The highest BCUT2D eigenvalue weighted by Gasteiger charge is 2.10. The average Bonchev–Trinajstić information content (AvgIpc) is 2.79. The van der Waals surface area contributed by atoms with Crippen LogP contribution in [-0.4, -0.2) is 22.9 Å². The second-order valence-corrected chi connectivity index (χ2v) is 7.33. The van der Waals surface area contributed by atoms with E-state index in [1.807, 2.05) is 84.9 Å². The summed E-state index contributed by atoms with van der Waals surface area (Å²) < 4.78 is 5.86. The summed E-state index contributed by atoms with van der Waals surface area (Å²) in [5.41, 5.74) is 4.20. The zero-order valence-corrected chi connectivity index (χ0v) is 17.6. The van der Waals surface area contributed by atoms with E-state index in [0.717, 1.165) is 28.1 Å². The van der Waals surface area contributed by atoms with E-state index in [0.29, 0.717) is 18.1 Å². The van der Waals surface area contributed by atoms with Crippen LogP contribution in [0.5, 0.6) is 5.75 Å². The number of nitrogens with one attached hydrogen (secondary N) is 2. The Hall–Kier alpha value is -3.15. The second-order valence-electron chi connectivity index (χ2n) is 6.93. The van der Waals surface area contributed by atoms with E-state index in [2.05, 4.69) is 17.2 Å². The molecule has 0 saturated heterocycles. The van der Waals surface area contributed by atoms with Gasteiger partial charge < -0.3 is 20.5 Å². The van der Waals surface area contributed by atoms with E-state index in [1.165, 1.54) is 0 Å². The highest BCUT2D eigenvalue weighted by molar-refractivity contribution is 7.80. The molecule has 0 saturated carbocycles. The van der Waals surface area contributed by atoms with Crippen LogP contribution >= 0.6 is 12.2 Å². The maximum atomic E-state index is 9.72. The Kier molecular flexibility index (Phi) is 8.01. The summed E-state index contributed by atoms with van der Waals surface area (Å²) >= 11 is 5.35. The maximum Gasteiger partial charge on any atom is 0.171 e. The molecule has 0 radical (unpaired) electrons. The van der Waals surface area contributed by atoms with Crippen molar-refractivity contribution >= 4 is 29.1 Å². The quantitative estimate of drug-likeness (QED) is 0.436. The van der Waals surface area contributed by atoms with Crippen LogP contribution in [-0.2, 0) is 13.0 Å². The number of benzene rings is 3. The van der Waals surface area contributed by atoms with E-state index < -0.39 is 0 Å². The van der Waals surface area contributed by atoms with E-state index in [1.54, 1.807) is 0 Å². The van der Waals surface area contributed by atoms with Gasteiger partial charge in [-0.05, 0) is 59.6 Å². The minimum atomic E-state index is -0.177. The Morgan fingerprint density at radius 2 is 1.63 bits per heavy atom. The third-order valence-electron chi connectivity index (χ3n) is 4.61. The summed E-state index contributed by atoms with van der Waals surface area (Å²) in [4.78, 5) is 0. The number of hydrogen-bond acceptors (Lipinski definition) is 3. The van der Waals surface area contributed by atoms with Crippen LogP contribution in [0.4, 0.5) is 5.69 Å². The first-order valence-electron chi connectivity index (χ1n) is 9.83. The van der Waals surface area contributed by atoms with Crippen molar-refractivity contribution in [2.45, 2.75) is 19.1 Å². The topological polar surface area (TPSA) is 53.5 Å². The van der Waals surface area contributed by atoms with Crippen molar-refractivity contribution in [3.8, 4) is 5.75 Å². The van der Waals surface area contributed by atoms with Crippen LogP contribution in [0.2, 0.25) is 0 Å². The van der Waals surface area contributed by atoms with Gasteiger partial charge in [-0.1, -0.05) is 67.3 Å². The zero-order chi connectivity index (χ0) is 21.2. The minimum absolute atomic E-state index is 0.0183. The van der Waals surface area contributed by atoms with Gasteiger partial charge >= 0.3 is 0 Å². The third-order valence-corrected chi connectivity index (χ3v) is 4.83. The number of thiocarbonyl (C=S) groups is 1. The number of ether oxygens (including phenoxy) is 1. The first kappa shape index (κ1) is 21.6. The number of aliphatic hydroxyl groups excluding tert-OH is 1. The first-order chi connectivity index (χ1) is 14.7. The summed E-state index contributed by atoms with van der Waals surface area (Å²) in [5.74, 6) is 0.807. The number of aliphatic hydroxyl groups is 1. The molecule has 30 heavy (non-hydrogen) atoms. The lowest BCUT2D eigenvalue weighted by molar-refractivity contribution is 0.255. The molecule has 0 aliphatic carbocycles. The smallest absolute Gasteiger partial charge is 0.171 e. The zero-order valence-electron chi connectivity index (χ0n) is 16.8. The van der Waals surface area contributed by atoms with Crippen molar-refractivity contribution in [2.75, 3.05) is 11.9 Å². The monoisotopic (exact) mass is 418 g/mol. The van der Waals surface area contributed by atoms with Gasteiger partial charge in [0.1, 0.15) is 12.4 Å². The lowest BCUT2D eigenvalue weighted by Gasteiger charge is -2.19. The maximum absolute atomic E-state index is 9.72. The highest BCUT2D eigenvalue weighted by atomic mass is 32.1. The summed E-state index contributed by atoms with van der Waals surface area (Å²) in [6.45, 7) is 4.25. The Morgan fingerprint density at radius 3 is 2.27 bits per heavy atom. The van der Waals surface area contributed by atoms with Crippen molar-refractivity contribution in [1.29, 1.82) is 0 Å². The fourth-order valence-electron chi connectivity index (χ4n) is 2.96. The summed E-state index contributed by atoms with van der Waals surface area (Å²) in [6, 6.07) is 25.6. The molecule has 0 heterocycles. The summed E-state index contributed by atoms with van der Waals surface area (Å²) in [5, 5.41) is 16.5. The third kappa shape index (κ3) is 6.72. The van der Waals surface area contributed by atoms with Crippen molar-refractivity contribution in [3.05, 3.63) is 102 Å². The average molecular weight is 419 g/mol. The molecule has 154 valence electrons. The molecule has 1 atom stereocenters. The number of para-hydroxylation sites is 1. The Morgan fingerprint density at radius 1 is 0.967 bits per heavy atom. The van der Waals surface area contributed by atoms with E-state index >= 15 is 0 Å². The van der Waals surface area contributed by atoms with Crippen LogP contribution < -0.4 is 15.4 Å². The van der Waals surface area contributed by atoms with Gasteiger partial charge in [-0.25, -0.2) is 0 Å². The molecule has 3 rings (SSSR count). The van der Waals surface area contributed by atoms with Crippen LogP contribution in [0.3, 0.4) is 0 Å². The van der Waals surface area contributed by atoms with Gasteiger partial charge in [0.2, 0.25) is 0 Å². The Labute approximate surface area is 183 Å². The van der Waals surface area contributed by atoms with Gasteiger partial charge in [-0.15, -0.1) is 0 Å². The molecule has 4 nitrogen and oxygen atoms in total. The van der Waals surface area contributed by atoms with Crippen LogP contribution in [0.1, 0.15) is 16.7 Å². The first-order valence-corrected chi connectivity index (χ1v) is 10.2. The molecule has 0 aliphatic heterocycles. The lowest BCUT2D eigenvalue weighted by atomic mass is 10.1. The number of hydrogen-bond donors (Lipinski definition) is 3. The van der Waals surface area contributed by atoms with E-state index in [-0.39, 0.29) is 12.6 Å². The van der Waals surface area contributed by atoms with Gasteiger partial charge in [0.05, 0.1) is 12.6 Å². The standard InChI is InChI=1S/C25H26N2O2S/c1-2-19-8-10-21(11-9-19)18-29-24-14-12-20(13-15-24)16-23(17-28)27-25(30)26-22-6-4-3-5-7-22/h2-15,23,28H,1,16-18H2,(H2,26,27,30). The van der Waals surface area contributed by atoms with Crippen molar-refractivity contribution in [2.24, 2.45) is 0 Å². The largest absolute Gasteiger partial charge is 0.489 e. The SMILES string of the molecule is C=Cc1ccc(COc2ccc(CC(CO)NC(=S)Nc3ccccc3)cc2)cc1. The molecule has 0 bridgehead atoms. The predicted octanol–water partition coefficient (Wildman–Crippen LogP) is 4.80. The molecule has 3 aromatic carbocycles. The molecular formula is C25H26N2O2S. The minimum Gasteiger partial charge on any atom is -0.489 e. The van der Waals surface area contributed by atoms with Gasteiger partial charge in [-0.3, -0.25) is 0 Å². The molecule has 0 spiro atoms. The molecule has 1 unspecified atom stereocenters. The van der Waals surface area contributed by atoms with E-state index in [4.69, 9.17) is 17.0 Å². The molecule has 0 aliphatic rings. The second kappa shape index (κ2) is 11.1. The molecule has 0 fully saturated rings. The van der Waals surface area contributed by atoms with Crippen LogP contribution in [0.15, 0.2) is 85.4 Å². The van der Waals surface area contributed by atoms with Gasteiger partial charge in [0, 0.05) is 5.69 Å². The van der Waals surface area contributed by atoms with Gasteiger partial charge in [0.15, 0.2) is 5.11 Å². The lowest BCUT2D eigenvalue weighted by Crippen LogP contribution is -2.41. The Bertz CT molecular complexity index is 941. The fourth-order valence-corrected chi connectivity index (χ4v) is 3.24. The predicted molar refractivity (Wildman–Crippen MR) is 128 cm³/mol. The molecule has 0 aromatic heterocycles. The van der Waals surface area contributed by atoms with Crippen LogP contribution in [0, 0.1) is 0 Å².